The lowest BCUT2D eigenvalue weighted by Crippen LogP contribution is -2.40. The molecule has 0 unspecified atom stereocenters. The molecule has 0 radical (unpaired) electrons. The van der Waals surface area contributed by atoms with Gasteiger partial charge >= 0.3 is 0 Å². The van der Waals surface area contributed by atoms with Gasteiger partial charge in [-0.15, -0.1) is 0 Å². The first kappa shape index (κ1) is 19.1. The summed E-state index contributed by atoms with van der Waals surface area (Å²) in [6.45, 7) is 7.99. The lowest BCUT2D eigenvalue weighted by Gasteiger charge is -2.30. The van der Waals surface area contributed by atoms with E-state index in [0.717, 1.165) is 52.7 Å². The predicted molar refractivity (Wildman–Crippen MR) is 112 cm³/mol. The Morgan fingerprint density at radius 3 is 2.90 bits per heavy atom. The van der Waals surface area contributed by atoms with Crippen LogP contribution in [0.5, 0.6) is 0 Å². The van der Waals surface area contributed by atoms with E-state index in [1.54, 1.807) is 6.20 Å². The molecule has 148 valence electrons. The number of pyridine rings is 1. The molecule has 0 spiro atoms. The number of rotatable bonds is 3. The third-order valence-corrected chi connectivity index (χ3v) is 5.72. The van der Waals surface area contributed by atoms with Crippen LogP contribution in [0.4, 0.5) is 0 Å². The number of nitrogens with zero attached hydrogens (tertiary/aromatic N) is 5. The predicted octanol–water partition coefficient (Wildman–Crippen LogP) is 4.11. The first-order chi connectivity index (χ1) is 14.0. The first-order valence-electron chi connectivity index (χ1n) is 10.1. The molecular weight excluding hydrogens is 362 g/mol. The molecule has 1 aliphatic rings. The minimum absolute atomic E-state index is 0.00965. The highest BCUT2D eigenvalue weighted by Gasteiger charge is 2.28. The van der Waals surface area contributed by atoms with Crippen molar-refractivity contribution < 1.29 is 4.79 Å². The SMILES string of the molecule is CCn1cc(-c2nc3ccc(C)cc3c(C(=O)N3CCC[C@@H](C#N)C3)c2C)cn1. The average molecular weight is 387 g/mol. The van der Waals surface area contributed by atoms with Gasteiger partial charge < -0.3 is 4.90 Å². The Morgan fingerprint density at radius 2 is 2.17 bits per heavy atom. The number of hydrogen-bond donors (Lipinski definition) is 0. The summed E-state index contributed by atoms with van der Waals surface area (Å²) in [6.07, 6.45) is 5.49. The molecule has 6 nitrogen and oxygen atoms in total. The van der Waals surface area contributed by atoms with E-state index in [0.29, 0.717) is 18.7 Å². The number of carbonyl (C=O) groups is 1. The van der Waals surface area contributed by atoms with Crippen LogP contribution < -0.4 is 0 Å². The molecule has 0 saturated carbocycles. The maximum Gasteiger partial charge on any atom is 0.254 e. The zero-order chi connectivity index (χ0) is 20.5. The quantitative estimate of drug-likeness (QED) is 0.678. The van der Waals surface area contributed by atoms with Gasteiger partial charge in [-0.2, -0.15) is 10.4 Å². The van der Waals surface area contributed by atoms with E-state index in [2.05, 4.69) is 11.2 Å². The Kier molecular flexibility index (Phi) is 5.06. The monoisotopic (exact) mass is 387 g/mol. The molecule has 1 aromatic carbocycles. The molecule has 2 aromatic heterocycles. The third kappa shape index (κ3) is 3.49. The number of hydrogen-bond acceptors (Lipinski definition) is 4. The van der Waals surface area contributed by atoms with Crippen LogP contribution in [0.25, 0.3) is 22.2 Å². The molecule has 0 aliphatic carbocycles. The minimum atomic E-state index is -0.0925. The molecule has 0 N–H and O–H groups in total. The van der Waals surface area contributed by atoms with Gasteiger partial charge in [-0.25, -0.2) is 4.98 Å². The highest BCUT2D eigenvalue weighted by Crippen LogP contribution is 2.32. The van der Waals surface area contributed by atoms with Crippen molar-refractivity contribution in [1.82, 2.24) is 19.7 Å². The van der Waals surface area contributed by atoms with Crippen LogP contribution in [0.2, 0.25) is 0 Å². The van der Waals surface area contributed by atoms with Gasteiger partial charge in [0.2, 0.25) is 0 Å². The Hall–Kier alpha value is -3.20. The number of aromatic nitrogens is 3. The molecule has 1 aliphatic heterocycles. The summed E-state index contributed by atoms with van der Waals surface area (Å²) < 4.78 is 1.86. The molecule has 1 saturated heterocycles. The van der Waals surface area contributed by atoms with Crippen LogP contribution in [0, 0.1) is 31.1 Å². The van der Waals surface area contributed by atoms with E-state index in [1.807, 2.05) is 54.7 Å². The highest BCUT2D eigenvalue weighted by molar-refractivity contribution is 6.09. The van der Waals surface area contributed by atoms with Gasteiger partial charge in [0.05, 0.1) is 35.0 Å². The van der Waals surface area contributed by atoms with E-state index in [-0.39, 0.29) is 11.8 Å². The van der Waals surface area contributed by atoms with Crippen molar-refractivity contribution in [3.63, 3.8) is 0 Å². The van der Waals surface area contributed by atoms with Crippen molar-refractivity contribution in [3.05, 3.63) is 47.3 Å². The van der Waals surface area contributed by atoms with Gasteiger partial charge in [0.1, 0.15) is 0 Å². The van der Waals surface area contributed by atoms with Crippen LogP contribution in [-0.2, 0) is 6.54 Å². The number of amides is 1. The summed E-state index contributed by atoms with van der Waals surface area (Å²) in [5.74, 6) is -0.102. The van der Waals surface area contributed by atoms with Crippen molar-refractivity contribution in [2.45, 2.75) is 40.2 Å². The van der Waals surface area contributed by atoms with E-state index < -0.39 is 0 Å². The number of carbonyl (C=O) groups excluding carboxylic acids is 1. The summed E-state index contributed by atoms with van der Waals surface area (Å²) in [4.78, 5) is 20.3. The second-order valence-corrected chi connectivity index (χ2v) is 7.79. The fourth-order valence-electron chi connectivity index (χ4n) is 4.11. The minimum Gasteiger partial charge on any atom is -0.337 e. The zero-order valence-electron chi connectivity index (χ0n) is 17.1. The molecule has 3 aromatic rings. The van der Waals surface area contributed by atoms with Crippen LogP contribution in [-0.4, -0.2) is 38.7 Å². The van der Waals surface area contributed by atoms with Crippen molar-refractivity contribution in [2.24, 2.45) is 5.92 Å². The first-order valence-corrected chi connectivity index (χ1v) is 10.1. The maximum absolute atomic E-state index is 13.6. The largest absolute Gasteiger partial charge is 0.337 e. The number of likely N-dealkylation sites (tertiary alicyclic amines) is 1. The molecule has 4 rings (SSSR count). The second kappa shape index (κ2) is 7.67. The molecule has 29 heavy (non-hydrogen) atoms. The normalized spacial score (nSPS) is 16.8. The number of piperidine rings is 1. The van der Waals surface area contributed by atoms with Crippen molar-refractivity contribution in [3.8, 4) is 17.3 Å². The Morgan fingerprint density at radius 1 is 1.34 bits per heavy atom. The van der Waals surface area contributed by atoms with Gasteiger partial charge in [-0.1, -0.05) is 11.6 Å². The van der Waals surface area contributed by atoms with E-state index in [1.165, 1.54) is 0 Å². The van der Waals surface area contributed by atoms with E-state index in [4.69, 9.17) is 4.98 Å². The van der Waals surface area contributed by atoms with Crippen LogP contribution in [0.15, 0.2) is 30.6 Å². The van der Waals surface area contributed by atoms with Gasteiger partial charge in [-0.05, 0) is 51.3 Å². The third-order valence-electron chi connectivity index (χ3n) is 5.72. The summed E-state index contributed by atoms with van der Waals surface area (Å²) >= 11 is 0. The summed E-state index contributed by atoms with van der Waals surface area (Å²) in [5.41, 5.74) is 5.15. The van der Waals surface area contributed by atoms with E-state index >= 15 is 0 Å². The van der Waals surface area contributed by atoms with Gasteiger partial charge in [-0.3, -0.25) is 9.48 Å². The fourth-order valence-corrected chi connectivity index (χ4v) is 4.11. The number of fused-ring (bicyclic) bond motifs is 1. The highest BCUT2D eigenvalue weighted by atomic mass is 16.2. The molecule has 1 fully saturated rings. The van der Waals surface area contributed by atoms with Crippen LogP contribution in [0.1, 0.15) is 41.3 Å². The van der Waals surface area contributed by atoms with E-state index in [9.17, 15) is 10.1 Å². The number of aryl methyl sites for hydroxylation is 2. The van der Waals surface area contributed by atoms with Crippen molar-refractivity contribution in [1.29, 1.82) is 5.26 Å². The van der Waals surface area contributed by atoms with Crippen molar-refractivity contribution in [2.75, 3.05) is 13.1 Å². The Labute approximate surface area is 170 Å². The summed E-state index contributed by atoms with van der Waals surface area (Å²) in [7, 11) is 0. The van der Waals surface area contributed by atoms with Gasteiger partial charge in [0.25, 0.3) is 5.91 Å². The lowest BCUT2D eigenvalue weighted by molar-refractivity contribution is 0.0700. The number of nitriles is 1. The summed E-state index contributed by atoms with van der Waals surface area (Å²) in [6, 6.07) is 8.36. The Balaban J connectivity index is 1.88. The molecule has 6 heteroatoms. The average Bonchev–Trinajstić information content (AvgIpc) is 3.22. The Bertz CT molecular complexity index is 1120. The molecule has 0 bridgehead atoms. The maximum atomic E-state index is 13.6. The van der Waals surface area contributed by atoms with Crippen molar-refractivity contribution >= 4 is 16.8 Å². The topological polar surface area (TPSA) is 74.8 Å². The zero-order valence-corrected chi connectivity index (χ0v) is 17.1. The van der Waals surface area contributed by atoms with Gasteiger partial charge in [0, 0.05) is 36.8 Å². The summed E-state index contributed by atoms with van der Waals surface area (Å²) in [5, 5.41) is 14.6. The molecule has 1 amide bonds. The molecule has 3 heterocycles. The molecule has 1 atom stereocenters. The molecular formula is C23H25N5O. The smallest absolute Gasteiger partial charge is 0.254 e. The van der Waals surface area contributed by atoms with Crippen LogP contribution in [0.3, 0.4) is 0 Å². The van der Waals surface area contributed by atoms with Crippen LogP contribution >= 0.6 is 0 Å². The standard InChI is InChI=1S/C23H25N5O/c1-4-28-14-18(12-25-28)22-16(3)21(19-10-15(2)7-8-20(19)26-22)23(29)27-9-5-6-17(11-24)13-27/h7-8,10,12,14,17H,4-6,9,13H2,1-3H3/t17-/m0/s1. The second-order valence-electron chi connectivity index (χ2n) is 7.79. The van der Waals surface area contributed by atoms with Gasteiger partial charge in [0.15, 0.2) is 0 Å². The number of benzene rings is 1. The lowest BCUT2D eigenvalue weighted by atomic mass is 9.94. The fraction of sp³-hybridized carbons (Fsp3) is 0.391.